The molecule has 0 heterocycles. The van der Waals surface area contributed by atoms with Gasteiger partial charge < -0.3 is 14.2 Å². The highest BCUT2D eigenvalue weighted by molar-refractivity contribution is 5.71. The van der Waals surface area contributed by atoms with Gasteiger partial charge in [-0.2, -0.15) is 0 Å². The number of hydrogen-bond acceptors (Lipinski definition) is 6. The van der Waals surface area contributed by atoms with Gasteiger partial charge in [-0.15, -0.1) is 0 Å². The standard InChI is InChI=1S/C57H102O6/c1-4-7-10-13-16-19-22-25-28-30-32-35-38-41-44-47-50-56(59)62-53-54(52-61-55(58)49-46-43-40-37-34-31-27-24-21-18-15-12-9-6-3)63-57(60)51-48-45-42-39-36-33-29-26-23-20-17-14-11-8-5-2/h9,12,18,21,28,30,32,35,54H,4-8,10-11,13-17,19-20,22-27,29,31,33-34,36-53H2,1-3H3/b12-9-,21-18-,30-28-,35-32-. The monoisotopic (exact) mass is 883 g/mol. The molecule has 0 amide bonds. The van der Waals surface area contributed by atoms with Gasteiger partial charge in [0.15, 0.2) is 6.10 Å². The minimum absolute atomic E-state index is 0.0835. The van der Waals surface area contributed by atoms with Gasteiger partial charge in [0.25, 0.3) is 0 Å². The summed E-state index contributed by atoms with van der Waals surface area (Å²) < 4.78 is 16.8. The lowest BCUT2D eigenvalue weighted by Crippen LogP contribution is -2.30. The normalized spacial score (nSPS) is 12.4. The highest BCUT2D eigenvalue weighted by atomic mass is 16.6. The quantitative estimate of drug-likeness (QED) is 0.0199. The second-order valence-electron chi connectivity index (χ2n) is 18.1. The van der Waals surface area contributed by atoms with Crippen molar-refractivity contribution < 1.29 is 28.6 Å². The Morgan fingerprint density at radius 3 is 1.06 bits per heavy atom. The summed E-state index contributed by atoms with van der Waals surface area (Å²) in [6, 6.07) is 0. The fourth-order valence-corrected chi connectivity index (χ4v) is 7.77. The summed E-state index contributed by atoms with van der Waals surface area (Å²) in [5.41, 5.74) is 0. The van der Waals surface area contributed by atoms with Crippen LogP contribution in [0.25, 0.3) is 0 Å². The third-order valence-electron chi connectivity index (χ3n) is 11.8. The number of allylic oxidation sites excluding steroid dienone is 8. The third kappa shape index (κ3) is 50.2. The molecule has 0 N–H and O–H groups in total. The first-order valence-corrected chi connectivity index (χ1v) is 27.2. The SMILES string of the molecule is CC/C=C\C/C=C\CCCCCCCCCC(=O)OCC(COC(=O)CCCCC/C=C\C=C/CCCCCCCCC)OC(=O)CCCCCCCCCCCCCCCCC. The molecule has 1 unspecified atom stereocenters. The first kappa shape index (κ1) is 60.4. The number of ether oxygens (including phenoxy) is 3. The van der Waals surface area contributed by atoms with E-state index in [4.69, 9.17) is 14.2 Å². The molecule has 0 bridgehead atoms. The molecule has 0 aromatic rings. The van der Waals surface area contributed by atoms with Crippen LogP contribution in [0.5, 0.6) is 0 Å². The molecule has 366 valence electrons. The van der Waals surface area contributed by atoms with Gasteiger partial charge in [-0.3, -0.25) is 14.4 Å². The molecule has 0 aromatic heterocycles. The van der Waals surface area contributed by atoms with E-state index in [1.807, 2.05) is 0 Å². The average Bonchev–Trinajstić information content (AvgIpc) is 3.28. The Morgan fingerprint density at radius 1 is 0.349 bits per heavy atom. The molecule has 0 fully saturated rings. The molecule has 6 heteroatoms. The predicted molar refractivity (Wildman–Crippen MR) is 270 cm³/mol. The van der Waals surface area contributed by atoms with E-state index in [1.165, 1.54) is 148 Å². The van der Waals surface area contributed by atoms with Crippen molar-refractivity contribution in [3.63, 3.8) is 0 Å². The Balaban J connectivity index is 4.40. The van der Waals surface area contributed by atoms with E-state index in [-0.39, 0.29) is 31.1 Å². The Bertz CT molecular complexity index is 1110. The topological polar surface area (TPSA) is 78.9 Å². The van der Waals surface area contributed by atoms with Crippen LogP contribution in [0, 0.1) is 0 Å². The second kappa shape index (κ2) is 52.0. The van der Waals surface area contributed by atoms with Crippen molar-refractivity contribution in [2.24, 2.45) is 0 Å². The highest BCUT2D eigenvalue weighted by Crippen LogP contribution is 2.16. The van der Waals surface area contributed by atoms with Crippen molar-refractivity contribution in [3.05, 3.63) is 48.6 Å². The fraction of sp³-hybridized carbons (Fsp3) is 0.807. The summed E-state index contributed by atoms with van der Waals surface area (Å²) in [6.45, 7) is 6.52. The average molecular weight is 883 g/mol. The maximum Gasteiger partial charge on any atom is 0.306 e. The van der Waals surface area contributed by atoms with Crippen LogP contribution in [-0.4, -0.2) is 37.2 Å². The van der Waals surface area contributed by atoms with Gasteiger partial charge in [0.2, 0.25) is 0 Å². The van der Waals surface area contributed by atoms with Crippen LogP contribution >= 0.6 is 0 Å². The van der Waals surface area contributed by atoms with Crippen LogP contribution in [0.4, 0.5) is 0 Å². The van der Waals surface area contributed by atoms with Crippen molar-refractivity contribution in [1.82, 2.24) is 0 Å². The second-order valence-corrected chi connectivity index (χ2v) is 18.1. The minimum Gasteiger partial charge on any atom is -0.462 e. The number of hydrogen-bond donors (Lipinski definition) is 0. The first-order chi connectivity index (χ1) is 31.0. The molecule has 0 aromatic carbocycles. The molecule has 0 aliphatic heterocycles. The van der Waals surface area contributed by atoms with Crippen LogP contribution in [0.15, 0.2) is 48.6 Å². The predicted octanol–water partition coefficient (Wildman–Crippen LogP) is 17.9. The van der Waals surface area contributed by atoms with Gasteiger partial charge >= 0.3 is 17.9 Å². The summed E-state index contributed by atoms with van der Waals surface area (Å²) in [5, 5.41) is 0. The number of carbonyl (C=O) groups is 3. The van der Waals surface area contributed by atoms with Gasteiger partial charge in [-0.1, -0.05) is 236 Å². The highest BCUT2D eigenvalue weighted by Gasteiger charge is 2.19. The van der Waals surface area contributed by atoms with E-state index in [1.54, 1.807) is 0 Å². The lowest BCUT2D eigenvalue weighted by molar-refractivity contribution is -0.167. The van der Waals surface area contributed by atoms with Crippen LogP contribution in [0.1, 0.15) is 278 Å². The van der Waals surface area contributed by atoms with Crippen LogP contribution in [0.2, 0.25) is 0 Å². The summed E-state index contributed by atoms with van der Waals surface area (Å²) >= 11 is 0. The maximum absolute atomic E-state index is 12.8. The first-order valence-electron chi connectivity index (χ1n) is 27.2. The Labute approximate surface area is 390 Å². The van der Waals surface area contributed by atoms with E-state index in [2.05, 4.69) is 69.4 Å². The zero-order valence-electron chi connectivity index (χ0n) is 41.8. The molecular weight excluding hydrogens is 781 g/mol. The molecule has 0 radical (unpaired) electrons. The van der Waals surface area contributed by atoms with Crippen molar-refractivity contribution >= 4 is 17.9 Å². The van der Waals surface area contributed by atoms with Gasteiger partial charge in [0.1, 0.15) is 13.2 Å². The summed E-state index contributed by atoms with van der Waals surface area (Å²) in [7, 11) is 0. The molecule has 0 spiro atoms. The number of esters is 3. The summed E-state index contributed by atoms with van der Waals surface area (Å²) in [4.78, 5) is 38.0. The van der Waals surface area contributed by atoms with Crippen LogP contribution in [-0.2, 0) is 28.6 Å². The summed E-state index contributed by atoms with van der Waals surface area (Å²) in [6.07, 6.45) is 62.4. The van der Waals surface area contributed by atoms with Crippen molar-refractivity contribution in [2.45, 2.75) is 284 Å². The smallest absolute Gasteiger partial charge is 0.306 e. The molecular formula is C57H102O6. The van der Waals surface area contributed by atoms with E-state index < -0.39 is 6.10 Å². The van der Waals surface area contributed by atoms with Crippen molar-refractivity contribution in [3.8, 4) is 0 Å². The largest absolute Gasteiger partial charge is 0.462 e. The maximum atomic E-state index is 12.8. The molecule has 0 saturated heterocycles. The van der Waals surface area contributed by atoms with E-state index >= 15 is 0 Å². The van der Waals surface area contributed by atoms with Gasteiger partial charge in [-0.25, -0.2) is 0 Å². The zero-order chi connectivity index (χ0) is 45.8. The molecule has 0 rings (SSSR count). The number of unbranched alkanes of at least 4 members (excludes halogenated alkanes) is 31. The fourth-order valence-electron chi connectivity index (χ4n) is 7.77. The third-order valence-corrected chi connectivity index (χ3v) is 11.8. The molecule has 63 heavy (non-hydrogen) atoms. The number of rotatable bonds is 49. The zero-order valence-corrected chi connectivity index (χ0v) is 41.8. The Kier molecular flexibility index (Phi) is 49.8. The van der Waals surface area contributed by atoms with Crippen molar-refractivity contribution in [2.75, 3.05) is 13.2 Å². The lowest BCUT2D eigenvalue weighted by Gasteiger charge is -2.18. The Hall–Kier alpha value is -2.63. The molecule has 6 nitrogen and oxygen atoms in total. The van der Waals surface area contributed by atoms with E-state index in [0.717, 1.165) is 89.9 Å². The van der Waals surface area contributed by atoms with Crippen LogP contribution < -0.4 is 0 Å². The van der Waals surface area contributed by atoms with E-state index in [9.17, 15) is 14.4 Å². The molecule has 0 aliphatic rings. The number of carbonyl (C=O) groups excluding carboxylic acids is 3. The molecule has 1 atom stereocenters. The Morgan fingerprint density at radius 2 is 0.667 bits per heavy atom. The van der Waals surface area contributed by atoms with Gasteiger partial charge in [0.05, 0.1) is 0 Å². The van der Waals surface area contributed by atoms with Gasteiger partial charge in [-0.05, 0) is 70.6 Å². The summed E-state index contributed by atoms with van der Waals surface area (Å²) in [5.74, 6) is -0.907. The van der Waals surface area contributed by atoms with E-state index in [0.29, 0.717) is 19.3 Å². The van der Waals surface area contributed by atoms with Crippen molar-refractivity contribution in [1.29, 1.82) is 0 Å². The molecule has 0 aliphatic carbocycles. The molecule has 0 saturated carbocycles. The minimum atomic E-state index is -0.784. The lowest BCUT2D eigenvalue weighted by atomic mass is 10.0. The van der Waals surface area contributed by atoms with Gasteiger partial charge in [0, 0.05) is 19.3 Å². The van der Waals surface area contributed by atoms with Crippen LogP contribution in [0.3, 0.4) is 0 Å².